The lowest BCUT2D eigenvalue weighted by Crippen LogP contribution is -2.54. The largest absolute Gasteiger partial charge is 0.457 e. The van der Waals surface area contributed by atoms with E-state index < -0.39 is 16.7 Å². The van der Waals surface area contributed by atoms with E-state index in [-0.39, 0.29) is 22.1 Å². The Morgan fingerprint density at radius 2 is 1.75 bits per heavy atom. The van der Waals surface area contributed by atoms with Crippen molar-refractivity contribution in [3.63, 3.8) is 0 Å². The number of anilines is 1. The van der Waals surface area contributed by atoms with Crippen LogP contribution in [0.1, 0.15) is 18.2 Å². The molecular formula is C23H17N3O5S. The maximum Gasteiger partial charge on any atom is 0.270 e. The highest BCUT2D eigenvalue weighted by atomic mass is 32.1. The number of nitro benzene ring substituents is 1. The van der Waals surface area contributed by atoms with Crippen LogP contribution in [0.3, 0.4) is 0 Å². The van der Waals surface area contributed by atoms with Crippen LogP contribution in [0.5, 0.6) is 0 Å². The van der Waals surface area contributed by atoms with Crippen molar-refractivity contribution in [3.05, 3.63) is 87.7 Å². The summed E-state index contributed by atoms with van der Waals surface area (Å²) < 4.78 is 5.74. The van der Waals surface area contributed by atoms with Crippen LogP contribution in [-0.4, -0.2) is 21.9 Å². The van der Waals surface area contributed by atoms with E-state index in [1.807, 2.05) is 19.1 Å². The van der Waals surface area contributed by atoms with E-state index in [9.17, 15) is 19.7 Å². The van der Waals surface area contributed by atoms with E-state index in [4.69, 9.17) is 16.6 Å². The number of carbonyl (C=O) groups excluding carboxylic acids is 2. The molecule has 2 aromatic carbocycles. The van der Waals surface area contributed by atoms with Crippen LogP contribution in [0.2, 0.25) is 0 Å². The maximum atomic E-state index is 13.1. The zero-order valence-electron chi connectivity index (χ0n) is 16.9. The molecule has 1 aliphatic rings. The molecule has 1 saturated heterocycles. The molecule has 0 spiro atoms. The molecule has 1 aromatic heterocycles. The molecule has 32 heavy (non-hydrogen) atoms. The van der Waals surface area contributed by atoms with Crippen LogP contribution < -0.4 is 10.2 Å². The van der Waals surface area contributed by atoms with Crippen molar-refractivity contribution in [2.24, 2.45) is 0 Å². The van der Waals surface area contributed by atoms with E-state index >= 15 is 0 Å². The molecule has 160 valence electrons. The average molecular weight is 447 g/mol. The third-order valence-electron chi connectivity index (χ3n) is 4.98. The number of hydrogen-bond donors (Lipinski definition) is 1. The Bertz CT molecular complexity index is 1260. The predicted molar refractivity (Wildman–Crippen MR) is 123 cm³/mol. The second-order valence-electron chi connectivity index (χ2n) is 6.98. The normalized spacial score (nSPS) is 15.2. The van der Waals surface area contributed by atoms with Gasteiger partial charge < -0.3 is 4.42 Å². The van der Waals surface area contributed by atoms with E-state index in [0.717, 1.165) is 12.0 Å². The molecular weight excluding hydrogens is 430 g/mol. The van der Waals surface area contributed by atoms with Gasteiger partial charge in [-0.2, -0.15) is 0 Å². The minimum atomic E-state index is -0.616. The molecule has 4 rings (SSSR count). The number of carbonyl (C=O) groups is 2. The summed E-state index contributed by atoms with van der Waals surface area (Å²) in [7, 11) is 0. The lowest BCUT2D eigenvalue weighted by molar-refractivity contribution is -0.384. The Morgan fingerprint density at radius 1 is 1.06 bits per heavy atom. The zero-order valence-corrected chi connectivity index (χ0v) is 17.7. The van der Waals surface area contributed by atoms with Gasteiger partial charge in [0, 0.05) is 17.7 Å². The van der Waals surface area contributed by atoms with Crippen LogP contribution in [0, 0.1) is 10.1 Å². The first-order valence-electron chi connectivity index (χ1n) is 9.72. The number of non-ortho nitro benzene ring substituents is 1. The van der Waals surface area contributed by atoms with Crippen molar-refractivity contribution in [2.45, 2.75) is 13.3 Å². The van der Waals surface area contributed by atoms with Crippen LogP contribution >= 0.6 is 12.2 Å². The Labute approximate surface area is 188 Å². The van der Waals surface area contributed by atoms with Gasteiger partial charge in [0.15, 0.2) is 5.11 Å². The number of nitrogens with one attached hydrogen (secondary N) is 1. The van der Waals surface area contributed by atoms with Gasteiger partial charge in [-0.1, -0.05) is 19.1 Å². The lowest BCUT2D eigenvalue weighted by atomic mass is 10.1. The number of furan rings is 1. The Hall–Kier alpha value is -4.11. The van der Waals surface area contributed by atoms with E-state index in [0.29, 0.717) is 17.0 Å². The molecule has 1 fully saturated rings. The number of rotatable bonds is 5. The highest BCUT2D eigenvalue weighted by Crippen LogP contribution is 2.27. The number of nitrogens with zero attached hydrogens (tertiary/aromatic N) is 2. The summed E-state index contributed by atoms with van der Waals surface area (Å²) >= 11 is 5.21. The van der Waals surface area contributed by atoms with Crippen molar-refractivity contribution in [3.8, 4) is 11.3 Å². The standard InChI is InChI=1S/C23H17N3O5S/c1-2-14-3-7-16(8-4-14)25-22(28)19(21(27)24-23(25)32)13-18-11-12-20(31-18)15-5-9-17(10-6-15)26(29)30/h3-13H,2H2,1H3,(H,24,27,32)/b19-13-. The Kier molecular flexibility index (Phi) is 5.65. The summed E-state index contributed by atoms with van der Waals surface area (Å²) in [5.74, 6) is -0.449. The van der Waals surface area contributed by atoms with Crippen molar-refractivity contribution in [2.75, 3.05) is 4.90 Å². The Balaban J connectivity index is 1.62. The van der Waals surface area contributed by atoms with E-state index in [1.165, 1.54) is 23.1 Å². The SMILES string of the molecule is CCc1ccc(N2C(=O)/C(=C\c3ccc(-c4ccc([N+](=O)[O-])cc4)o3)C(=O)NC2=S)cc1. The molecule has 0 radical (unpaired) electrons. The first-order valence-corrected chi connectivity index (χ1v) is 10.1. The fourth-order valence-electron chi connectivity index (χ4n) is 3.25. The lowest BCUT2D eigenvalue weighted by Gasteiger charge is -2.28. The number of hydrogen-bond acceptors (Lipinski definition) is 6. The van der Waals surface area contributed by atoms with Crippen LogP contribution in [0.4, 0.5) is 11.4 Å². The molecule has 1 aliphatic heterocycles. The summed E-state index contributed by atoms with van der Waals surface area (Å²) in [4.78, 5) is 37.1. The van der Waals surface area contributed by atoms with Gasteiger partial charge in [-0.25, -0.2) is 0 Å². The van der Waals surface area contributed by atoms with Gasteiger partial charge in [-0.3, -0.25) is 29.9 Å². The smallest absolute Gasteiger partial charge is 0.270 e. The average Bonchev–Trinajstić information content (AvgIpc) is 3.26. The molecule has 2 amide bonds. The number of amides is 2. The van der Waals surface area contributed by atoms with Gasteiger partial charge in [0.25, 0.3) is 17.5 Å². The Morgan fingerprint density at radius 3 is 2.38 bits per heavy atom. The molecule has 3 aromatic rings. The number of nitro groups is 1. The predicted octanol–water partition coefficient (Wildman–Crippen LogP) is 4.25. The first kappa shape index (κ1) is 21.1. The third-order valence-corrected chi connectivity index (χ3v) is 5.27. The molecule has 1 N–H and O–H groups in total. The molecule has 2 heterocycles. The quantitative estimate of drug-likeness (QED) is 0.206. The molecule has 0 aliphatic carbocycles. The van der Waals surface area contributed by atoms with E-state index in [2.05, 4.69) is 5.32 Å². The molecule has 0 atom stereocenters. The first-order chi connectivity index (χ1) is 15.4. The van der Waals surface area contributed by atoms with Crippen molar-refractivity contribution < 1.29 is 18.9 Å². The van der Waals surface area contributed by atoms with E-state index in [1.54, 1.807) is 36.4 Å². The van der Waals surface area contributed by atoms with Gasteiger partial charge in [0.1, 0.15) is 17.1 Å². The van der Waals surface area contributed by atoms with Gasteiger partial charge in [-0.15, -0.1) is 0 Å². The number of benzene rings is 2. The summed E-state index contributed by atoms with van der Waals surface area (Å²) in [6.45, 7) is 2.03. The van der Waals surface area contributed by atoms with Crippen molar-refractivity contribution in [1.82, 2.24) is 5.32 Å². The second kappa shape index (κ2) is 8.56. The monoisotopic (exact) mass is 447 g/mol. The topological polar surface area (TPSA) is 106 Å². The molecule has 0 unspecified atom stereocenters. The van der Waals surface area contributed by atoms with Crippen molar-refractivity contribution >= 4 is 46.6 Å². The fraction of sp³-hybridized carbons (Fsp3) is 0.0870. The minimum Gasteiger partial charge on any atom is -0.457 e. The highest BCUT2D eigenvalue weighted by Gasteiger charge is 2.34. The van der Waals surface area contributed by atoms with Crippen LogP contribution in [0.25, 0.3) is 17.4 Å². The fourth-order valence-corrected chi connectivity index (χ4v) is 3.53. The molecule has 0 saturated carbocycles. The number of aryl methyl sites for hydroxylation is 1. The van der Waals surface area contributed by atoms with Gasteiger partial charge in [-0.05, 0) is 66.7 Å². The molecule has 0 bridgehead atoms. The van der Waals surface area contributed by atoms with Gasteiger partial charge in [0.05, 0.1) is 10.6 Å². The maximum absolute atomic E-state index is 13.1. The van der Waals surface area contributed by atoms with Crippen LogP contribution in [0.15, 0.2) is 70.7 Å². The number of thiocarbonyl (C=S) groups is 1. The molecule has 9 heteroatoms. The highest BCUT2D eigenvalue weighted by molar-refractivity contribution is 7.80. The summed E-state index contributed by atoms with van der Waals surface area (Å²) in [6, 6.07) is 16.5. The van der Waals surface area contributed by atoms with Crippen LogP contribution in [-0.2, 0) is 16.0 Å². The summed E-state index contributed by atoms with van der Waals surface area (Å²) in [5.41, 5.74) is 2.13. The zero-order chi connectivity index (χ0) is 22.8. The summed E-state index contributed by atoms with van der Waals surface area (Å²) in [5, 5.41) is 13.4. The molecule has 8 nitrogen and oxygen atoms in total. The third kappa shape index (κ3) is 4.06. The van der Waals surface area contributed by atoms with Crippen molar-refractivity contribution in [1.29, 1.82) is 0 Å². The summed E-state index contributed by atoms with van der Waals surface area (Å²) in [6.07, 6.45) is 2.21. The van der Waals surface area contributed by atoms with Gasteiger partial charge in [0.2, 0.25) is 0 Å². The minimum absolute atomic E-state index is 0.00686. The van der Waals surface area contributed by atoms with Gasteiger partial charge >= 0.3 is 0 Å². The second-order valence-corrected chi connectivity index (χ2v) is 7.37.